The Morgan fingerprint density at radius 2 is 2.18 bits per heavy atom. The van der Waals surface area contributed by atoms with E-state index in [2.05, 4.69) is 44.1 Å². The number of benzene rings is 1. The van der Waals surface area contributed by atoms with Gasteiger partial charge >= 0.3 is 0 Å². The molecule has 0 spiro atoms. The Balaban J connectivity index is 2.64. The van der Waals surface area contributed by atoms with Gasteiger partial charge in [-0.05, 0) is 40.5 Å². The fourth-order valence-electron chi connectivity index (χ4n) is 1.37. The topological polar surface area (TPSA) is 55.1 Å². The minimum atomic E-state index is -0.444. The van der Waals surface area contributed by atoms with Gasteiger partial charge in [-0.2, -0.15) is 0 Å². The number of hydrogen-bond acceptors (Lipinski definition) is 2. The Hall–Kier alpha value is -0.390. The Morgan fingerprint density at radius 1 is 1.47 bits per heavy atom. The number of nitrogens with two attached hydrogens (primary N) is 1. The summed E-state index contributed by atoms with van der Waals surface area (Å²) in [5.74, 6) is -0.141. The van der Waals surface area contributed by atoms with E-state index in [-0.39, 0.29) is 5.91 Å². The second kappa shape index (κ2) is 7.13. The highest BCUT2D eigenvalue weighted by molar-refractivity contribution is 9.11. The maximum absolute atomic E-state index is 11.8. The fourth-order valence-corrected chi connectivity index (χ4v) is 2.08. The molecule has 0 radical (unpaired) electrons. The molecule has 1 aromatic rings. The zero-order chi connectivity index (χ0) is 12.8. The van der Waals surface area contributed by atoms with Gasteiger partial charge in [0.15, 0.2) is 0 Å². The molecule has 3 N–H and O–H groups in total. The van der Waals surface area contributed by atoms with E-state index >= 15 is 0 Å². The minimum absolute atomic E-state index is 0.141. The molecule has 1 amide bonds. The first-order valence-electron chi connectivity index (χ1n) is 5.56. The van der Waals surface area contributed by atoms with Crippen LogP contribution in [-0.2, 0) is 4.79 Å². The number of amides is 1. The SMILES string of the molecule is CCCCC(N)C(=O)Nc1cc(Br)ccc1Br. The van der Waals surface area contributed by atoms with Crippen LogP contribution in [0, 0.1) is 0 Å². The van der Waals surface area contributed by atoms with Gasteiger partial charge in [-0.15, -0.1) is 0 Å². The summed E-state index contributed by atoms with van der Waals surface area (Å²) >= 11 is 6.75. The summed E-state index contributed by atoms with van der Waals surface area (Å²) in [7, 11) is 0. The van der Waals surface area contributed by atoms with Gasteiger partial charge in [0.1, 0.15) is 0 Å². The van der Waals surface area contributed by atoms with E-state index in [0.29, 0.717) is 6.42 Å². The van der Waals surface area contributed by atoms with Crippen LogP contribution in [0.25, 0.3) is 0 Å². The zero-order valence-electron chi connectivity index (χ0n) is 9.67. The predicted molar refractivity (Wildman–Crippen MR) is 78.0 cm³/mol. The summed E-state index contributed by atoms with van der Waals surface area (Å²) in [6, 6.07) is 5.17. The Labute approximate surface area is 118 Å². The molecule has 1 aromatic carbocycles. The first kappa shape index (κ1) is 14.7. The van der Waals surface area contributed by atoms with Crippen molar-refractivity contribution in [2.75, 3.05) is 5.32 Å². The van der Waals surface area contributed by atoms with Crippen LogP contribution in [0.3, 0.4) is 0 Å². The van der Waals surface area contributed by atoms with E-state index < -0.39 is 6.04 Å². The van der Waals surface area contributed by atoms with E-state index in [9.17, 15) is 4.79 Å². The average molecular weight is 364 g/mol. The summed E-state index contributed by atoms with van der Waals surface area (Å²) < 4.78 is 1.76. The third-order valence-corrected chi connectivity index (χ3v) is 3.58. The molecule has 0 aliphatic carbocycles. The number of halogens is 2. The van der Waals surface area contributed by atoms with Crippen LogP contribution in [0.4, 0.5) is 5.69 Å². The molecule has 5 heteroatoms. The van der Waals surface area contributed by atoms with Crippen molar-refractivity contribution < 1.29 is 4.79 Å². The lowest BCUT2D eigenvalue weighted by molar-refractivity contribution is -0.117. The minimum Gasteiger partial charge on any atom is -0.324 e. The second-order valence-corrected chi connectivity index (χ2v) is 5.63. The van der Waals surface area contributed by atoms with Crippen molar-refractivity contribution in [3.8, 4) is 0 Å². The molecule has 1 unspecified atom stereocenters. The van der Waals surface area contributed by atoms with E-state index in [1.165, 1.54) is 0 Å². The molecule has 0 saturated heterocycles. The molecule has 0 aliphatic heterocycles. The largest absolute Gasteiger partial charge is 0.324 e. The predicted octanol–water partition coefficient (Wildman–Crippen LogP) is 3.67. The number of carbonyl (C=O) groups excluding carboxylic acids is 1. The summed E-state index contributed by atoms with van der Waals surface area (Å²) in [6.45, 7) is 2.08. The average Bonchev–Trinajstić information content (AvgIpc) is 2.30. The Morgan fingerprint density at radius 3 is 2.82 bits per heavy atom. The summed E-state index contributed by atoms with van der Waals surface area (Å²) in [5, 5.41) is 2.82. The lowest BCUT2D eigenvalue weighted by Gasteiger charge is -2.13. The monoisotopic (exact) mass is 362 g/mol. The first-order valence-corrected chi connectivity index (χ1v) is 7.14. The summed E-state index contributed by atoms with van der Waals surface area (Å²) in [4.78, 5) is 11.8. The van der Waals surface area contributed by atoms with E-state index in [1.807, 2.05) is 18.2 Å². The van der Waals surface area contributed by atoms with Gasteiger partial charge in [-0.1, -0.05) is 35.7 Å². The highest BCUT2D eigenvalue weighted by Gasteiger charge is 2.14. The van der Waals surface area contributed by atoms with Crippen molar-refractivity contribution >= 4 is 43.5 Å². The standard InChI is InChI=1S/C12H16Br2N2O/c1-2-3-4-10(15)12(17)16-11-7-8(13)5-6-9(11)14/h5-7,10H,2-4,15H2,1H3,(H,16,17). The number of carbonyl (C=O) groups is 1. The van der Waals surface area contributed by atoms with E-state index in [1.54, 1.807) is 0 Å². The van der Waals surface area contributed by atoms with Crippen LogP contribution < -0.4 is 11.1 Å². The third-order valence-electron chi connectivity index (χ3n) is 2.39. The Bertz CT molecular complexity index is 396. The molecule has 17 heavy (non-hydrogen) atoms. The fraction of sp³-hybridized carbons (Fsp3) is 0.417. The van der Waals surface area contributed by atoms with Crippen molar-refractivity contribution in [1.29, 1.82) is 0 Å². The van der Waals surface area contributed by atoms with Crippen molar-refractivity contribution in [1.82, 2.24) is 0 Å². The van der Waals surface area contributed by atoms with Crippen molar-refractivity contribution in [3.63, 3.8) is 0 Å². The van der Waals surface area contributed by atoms with Gasteiger partial charge < -0.3 is 11.1 Å². The molecular formula is C12H16Br2N2O. The van der Waals surface area contributed by atoms with Gasteiger partial charge in [0.05, 0.1) is 11.7 Å². The number of anilines is 1. The molecule has 3 nitrogen and oxygen atoms in total. The highest BCUT2D eigenvalue weighted by atomic mass is 79.9. The maximum Gasteiger partial charge on any atom is 0.241 e. The molecule has 0 fully saturated rings. The molecule has 1 rings (SSSR count). The van der Waals surface area contributed by atoms with Gasteiger partial charge in [-0.25, -0.2) is 0 Å². The van der Waals surface area contributed by atoms with E-state index in [4.69, 9.17) is 5.73 Å². The van der Waals surface area contributed by atoms with Gasteiger partial charge in [0.2, 0.25) is 5.91 Å². The molecule has 0 aromatic heterocycles. The highest BCUT2D eigenvalue weighted by Crippen LogP contribution is 2.26. The maximum atomic E-state index is 11.8. The van der Waals surface area contributed by atoms with E-state index in [0.717, 1.165) is 27.5 Å². The van der Waals surface area contributed by atoms with Crippen molar-refractivity contribution in [2.24, 2.45) is 5.73 Å². The summed E-state index contributed by atoms with van der Waals surface area (Å²) in [5.41, 5.74) is 6.53. The first-order chi connectivity index (χ1) is 8.04. The van der Waals surface area contributed by atoms with Crippen molar-refractivity contribution in [2.45, 2.75) is 32.2 Å². The zero-order valence-corrected chi connectivity index (χ0v) is 12.8. The van der Waals surface area contributed by atoms with Crippen LogP contribution in [0.2, 0.25) is 0 Å². The van der Waals surface area contributed by atoms with Crippen molar-refractivity contribution in [3.05, 3.63) is 27.1 Å². The van der Waals surface area contributed by atoms with Gasteiger partial charge in [0.25, 0.3) is 0 Å². The van der Waals surface area contributed by atoms with Crippen LogP contribution in [0.1, 0.15) is 26.2 Å². The molecule has 0 bridgehead atoms. The number of hydrogen-bond donors (Lipinski definition) is 2. The Kier molecular flexibility index (Phi) is 6.16. The van der Waals surface area contributed by atoms with Gasteiger partial charge in [0, 0.05) is 8.95 Å². The third kappa shape index (κ3) is 4.77. The normalized spacial score (nSPS) is 12.2. The van der Waals surface area contributed by atoms with Crippen LogP contribution in [0.5, 0.6) is 0 Å². The molecule has 94 valence electrons. The molecular weight excluding hydrogens is 348 g/mol. The number of nitrogens with one attached hydrogen (secondary N) is 1. The van der Waals surface area contributed by atoms with Gasteiger partial charge in [-0.3, -0.25) is 4.79 Å². The summed E-state index contributed by atoms with van der Waals surface area (Å²) in [6.07, 6.45) is 2.73. The molecule has 0 heterocycles. The van der Waals surface area contributed by atoms with Crippen LogP contribution in [-0.4, -0.2) is 11.9 Å². The lowest BCUT2D eigenvalue weighted by Crippen LogP contribution is -2.35. The number of rotatable bonds is 5. The van der Waals surface area contributed by atoms with Crippen LogP contribution in [0.15, 0.2) is 27.1 Å². The second-order valence-electron chi connectivity index (χ2n) is 3.86. The number of unbranched alkanes of at least 4 members (excludes halogenated alkanes) is 1. The lowest BCUT2D eigenvalue weighted by atomic mass is 10.1. The quantitative estimate of drug-likeness (QED) is 0.838. The molecule has 1 atom stereocenters. The molecule has 0 saturated carbocycles. The van der Waals surface area contributed by atoms with Crippen LogP contribution >= 0.6 is 31.9 Å². The smallest absolute Gasteiger partial charge is 0.241 e. The molecule has 0 aliphatic rings.